The zero-order valence-electron chi connectivity index (χ0n) is 7.75. The van der Waals surface area contributed by atoms with E-state index < -0.39 is 17.1 Å². The van der Waals surface area contributed by atoms with Crippen LogP contribution in [0.25, 0.3) is 0 Å². The molecule has 1 aromatic rings. The summed E-state index contributed by atoms with van der Waals surface area (Å²) in [4.78, 5) is 9.94. The maximum Gasteiger partial charge on any atom is 0.269 e. The molecule has 1 aromatic carbocycles. The Hall–Kier alpha value is -1.46. The fourth-order valence-electron chi connectivity index (χ4n) is 1.13. The maximum absolute atomic E-state index is 10.4. The van der Waals surface area contributed by atoms with E-state index in [2.05, 4.69) is 0 Å². The average Bonchev–Trinajstić information content (AvgIpc) is 2.16. The molecule has 0 fully saturated rings. The highest BCUT2D eigenvalue weighted by molar-refractivity contribution is 5.35. The molecule has 0 aliphatic rings. The van der Waals surface area contributed by atoms with Gasteiger partial charge < -0.3 is 10.8 Å². The summed E-state index contributed by atoms with van der Waals surface area (Å²) >= 11 is 0. The lowest BCUT2D eigenvalue weighted by Gasteiger charge is -2.14. The highest BCUT2D eigenvalue weighted by atomic mass is 16.6. The highest BCUT2D eigenvalue weighted by Crippen LogP contribution is 2.20. The Morgan fingerprint density at radius 1 is 1.57 bits per heavy atom. The van der Waals surface area contributed by atoms with Gasteiger partial charge >= 0.3 is 0 Å². The summed E-state index contributed by atoms with van der Waals surface area (Å²) in [6.45, 7) is 1.64. The third kappa shape index (κ3) is 2.27. The molecule has 5 nitrogen and oxygen atoms in total. The molecule has 0 aliphatic heterocycles. The van der Waals surface area contributed by atoms with E-state index in [4.69, 9.17) is 5.73 Å². The van der Waals surface area contributed by atoms with Crippen molar-refractivity contribution in [1.82, 2.24) is 0 Å². The zero-order valence-corrected chi connectivity index (χ0v) is 7.75. The number of aliphatic hydroxyl groups is 1. The van der Waals surface area contributed by atoms with Crippen molar-refractivity contribution < 1.29 is 10.0 Å². The first-order valence-corrected chi connectivity index (χ1v) is 4.20. The monoisotopic (exact) mass is 196 g/mol. The summed E-state index contributed by atoms with van der Waals surface area (Å²) in [5, 5.41) is 20.0. The molecule has 2 atom stereocenters. The molecule has 0 saturated carbocycles. The largest absolute Gasteiger partial charge is 0.387 e. The third-order valence-electron chi connectivity index (χ3n) is 1.92. The van der Waals surface area contributed by atoms with Crippen LogP contribution in [0.5, 0.6) is 0 Å². The molecule has 0 unspecified atom stereocenters. The van der Waals surface area contributed by atoms with Crippen LogP contribution in [0, 0.1) is 10.1 Å². The van der Waals surface area contributed by atoms with Gasteiger partial charge in [0, 0.05) is 18.2 Å². The zero-order chi connectivity index (χ0) is 10.7. The predicted molar refractivity (Wildman–Crippen MR) is 51.7 cm³/mol. The second kappa shape index (κ2) is 4.17. The van der Waals surface area contributed by atoms with Gasteiger partial charge in [0.15, 0.2) is 0 Å². The number of benzene rings is 1. The minimum absolute atomic E-state index is 0.0396. The van der Waals surface area contributed by atoms with Crippen LogP contribution in [0.2, 0.25) is 0 Å². The van der Waals surface area contributed by atoms with Crippen molar-refractivity contribution in [3.63, 3.8) is 0 Å². The number of nitrogens with zero attached hydrogens (tertiary/aromatic N) is 1. The molecule has 0 heterocycles. The van der Waals surface area contributed by atoms with Crippen LogP contribution in [0.15, 0.2) is 24.3 Å². The maximum atomic E-state index is 10.4. The van der Waals surface area contributed by atoms with Crippen molar-refractivity contribution in [2.75, 3.05) is 0 Å². The quantitative estimate of drug-likeness (QED) is 0.557. The second-order valence-corrected chi connectivity index (χ2v) is 3.16. The summed E-state index contributed by atoms with van der Waals surface area (Å²) < 4.78 is 0. The van der Waals surface area contributed by atoms with Gasteiger partial charge in [0.2, 0.25) is 0 Å². The fraction of sp³-hybridized carbons (Fsp3) is 0.333. The molecule has 0 amide bonds. The van der Waals surface area contributed by atoms with E-state index in [0.717, 1.165) is 0 Å². The first-order chi connectivity index (χ1) is 6.52. The minimum atomic E-state index is -0.866. The summed E-state index contributed by atoms with van der Waals surface area (Å²) in [7, 11) is 0. The van der Waals surface area contributed by atoms with Gasteiger partial charge in [-0.15, -0.1) is 0 Å². The Balaban J connectivity index is 2.99. The fourth-order valence-corrected chi connectivity index (χ4v) is 1.13. The van der Waals surface area contributed by atoms with Crippen LogP contribution in [0.1, 0.15) is 18.6 Å². The molecule has 0 radical (unpaired) electrons. The third-order valence-corrected chi connectivity index (χ3v) is 1.92. The predicted octanol–water partition coefficient (Wildman–Crippen LogP) is 0.975. The number of nitro benzene ring substituents is 1. The standard InChI is InChI=1S/C9H12N2O3/c1-6(10)9(12)7-3-2-4-8(5-7)11(13)14/h2-6,9,12H,10H2,1H3/t6-,9+/m1/s1. The van der Waals surface area contributed by atoms with Crippen molar-refractivity contribution in [1.29, 1.82) is 0 Å². The van der Waals surface area contributed by atoms with Gasteiger partial charge in [0.05, 0.1) is 11.0 Å². The number of nitrogens with two attached hydrogens (primary N) is 1. The molecule has 5 heteroatoms. The van der Waals surface area contributed by atoms with Crippen LogP contribution in [-0.4, -0.2) is 16.1 Å². The van der Waals surface area contributed by atoms with E-state index in [1.807, 2.05) is 0 Å². The van der Waals surface area contributed by atoms with Crippen molar-refractivity contribution in [3.05, 3.63) is 39.9 Å². The van der Waals surface area contributed by atoms with E-state index in [1.165, 1.54) is 18.2 Å². The number of nitro groups is 1. The van der Waals surface area contributed by atoms with Crippen LogP contribution < -0.4 is 5.73 Å². The van der Waals surface area contributed by atoms with Gasteiger partial charge in [-0.25, -0.2) is 0 Å². The van der Waals surface area contributed by atoms with Crippen LogP contribution in [0.4, 0.5) is 5.69 Å². The SMILES string of the molecule is C[C@@H](N)[C@H](O)c1cccc([N+](=O)[O-])c1. The van der Waals surface area contributed by atoms with E-state index >= 15 is 0 Å². The van der Waals surface area contributed by atoms with Crippen LogP contribution in [0.3, 0.4) is 0 Å². The van der Waals surface area contributed by atoms with Gasteiger partial charge in [-0.05, 0) is 12.5 Å². The molecule has 0 spiro atoms. The Kier molecular flexibility index (Phi) is 3.16. The molecule has 14 heavy (non-hydrogen) atoms. The molecular formula is C9H12N2O3. The van der Waals surface area contributed by atoms with Crippen molar-refractivity contribution in [2.24, 2.45) is 5.73 Å². The number of hydrogen-bond donors (Lipinski definition) is 2. The Bertz CT molecular complexity index is 339. The molecule has 76 valence electrons. The van der Waals surface area contributed by atoms with Gasteiger partial charge in [-0.1, -0.05) is 12.1 Å². The summed E-state index contributed by atoms with van der Waals surface area (Å²) in [5.74, 6) is 0. The molecule has 0 aliphatic carbocycles. The molecular weight excluding hydrogens is 184 g/mol. The van der Waals surface area contributed by atoms with Crippen molar-refractivity contribution in [2.45, 2.75) is 19.1 Å². The van der Waals surface area contributed by atoms with Gasteiger partial charge in [-0.3, -0.25) is 10.1 Å². The van der Waals surface area contributed by atoms with Crippen molar-refractivity contribution >= 4 is 5.69 Å². The topological polar surface area (TPSA) is 89.4 Å². The lowest BCUT2D eigenvalue weighted by molar-refractivity contribution is -0.385. The van der Waals surface area contributed by atoms with Gasteiger partial charge in [-0.2, -0.15) is 0 Å². The van der Waals surface area contributed by atoms with E-state index in [0.29, 0.717) is 5.56 Å². The average molecular weight is 196 g/mol. The van der Waals surface area contributed by atoms with Crippen LogP contribution >= 0.6 is 0 Å². The lowest BCUT2D eigenvalue weighted by atomic mass is 10.0. The summed E-state index contributed by atoms with van der Waals surface area (Å²) in [5.41, 5.74) is 5.90. The first-order valence-electron chi connectivity index (χ1n) is 4.20. The minimum Gasteiger partial charge on any atom is -0.387 e. The van der Waals surface area contributed by atoms with Crippen LogP contribution in [-0.2, 0) is 0 Å². The molecule has 0 bridgehead atoms. The van der Waals surface area contributed by atoms with Crippen molar-refractivity contribution in [3.8, 4) is 0 Å². The molecule has 1 rings (SSSR count). The van der Waals surface area contributed by atoms with E-state index in [-0.39, 0.29) is 5.69 Å². The molecule has 0 saturated heterocycles. The number of rotatable bonds is 3. The number of non-ortho nitro benzene ring substituents is 1. The summed E-state index contributed by atoms with van der Waals surface area (Å²) in [6.07, 6.45) is -0.866. The first kappa shape index (κ1) is 10.6. The van der Waals surface area contributed by atoms with Gasteiger partial charge in [0.1, 0.15) is 0 Å². The lowest BCUT2D eigenvalue weighted by Crippen LogP contribution is -2.24. The Labute approximate surface area is 81.3 Å². The number of hydrogen-bond acceptors (Lipinski definition) is 4. The smallest absolute Gasteiger partial charge is 0.269 e. The van der Waals surface area contributed by atoms with E-state index in [9.17, 15) is 15.2 Å². The highest BCUT2D eigenvalue weighted by Gasteiger charge is 2.15. The van der Waals surface area contributed by atoms with E-state index in [1.54, 1.807) is 13.0 Å². The van der Waals surface area contributed by atoms with Gasteiger partial charge in [0.25, 0.3) is 5.69 Å². The molecule has 0 aromatic heterocycles. The number of aliphatic hydroxyl groups excluding tert-OH is 1. The Morgan fingerprint density at radius 2 is 2.21 bits per heavy atom. The summed E-state index contributed by atoms with van der Waals surface area (Å²) in [6, 6.07) is 5.39. The normalized spacial score (nSPS) is 14.8. The second-order valence-electron chi connectivity index (χ2n) is 3.16. The Morgan fingerprint density at radius 3 is 2.71 bits per heavy atom. The molecule has 3 N–H and O–H groups in total.